The Kier molecular flexibility index (Phi) is 4.72. The Morgan fingerprint density at radius 3 is 2.24 bits per heavy atom. The Labute approximate surface area is 124 Å². The summed E-state index contributed by atoms with van der Waals surface area (Å²) in [5, 5.41) is 0. The number of carbonyl (C=O) groups excluding carboxylic acids is 1. The fourth-order valence-electron chi connectivity index (χ4n) is 2.20. The van der Waals surface area contributed by atoms with Gasteiger partial charge >= 0.3 is 0 Å². The molecule has 4 nitrogen and oxygen atoms in total. The number of hydrogen-bond acceptors (Lipinski definition) is 1. The molecule has 0 radical (unpaired) electrons. The molecule has 2 rings (SSSR count). The van der Waals surface area contributed by atoms with Gasteiger partial charge in [0.05, 0.1) is 5.92 Å². The summed E-state index contributed by atoms with van der Waals surface area (Å²) in [4.78, 5) is 16.0. The number of hydrogen-bond donors (Lipinski definition) is 2. The maximum atomic E-state index is 12.3. The Morgan fingerprint density at radius 1 is 1.05 bits per heavy atom. The van der Waals surface area contributed by atoms with E-state index in [1.54, 1.807) is 0 Å². The van der Waals surface area contributed by atoms with Crippen molar-refractivity contribution in [3.63, 3.8) is 0 Å². The molecule has 0 saturated carbocycles. The zero-order valence-corrected chi connectivity index (χ0v) is 12.0. The van der Waals surface area contributed by atoms with Crippen LogP contribution in [0.25, 0.3) is 0 Å². The SMILES string of the molecule is Cc1ccc([C@@H](Cc2ccccc2)C(=O)N=C(N)N)cc1. The Hall–Kier alpha value is -2.62. The van der Waals surface area contributed by atoms with E-state index in [4.69, 9.17) is 11.5 Å². The molecule has 0 aliphatic rings. The Balaban J connectivity index is 2.32. The van der Waals surface area contributed by atoms with Gasteiger partial charge in [-0.05, 0) is 24.5 Å². The van der Waals surface area contributed by atoms with Crippen LogP contribution < -0.4 is 11.5 Å². The first-order valence-electron chi connectivity index (χ1n) is 6.80. The largest absolute Gasteiger partial charge is 0.370 e. The fourth-order valence-corrected chi connectivity index (χ4v) is 2.20. The summed E-state index contributed by atoms with van der Waals surface area (Å²) in [6.45, 7) is 2.01. The Morgan fingerprint density at radius 2 is 1.67 bits per heavy atom. The predicted octanol–water partition coefficient (Wildman–Crippen LogP) is 2.12. The smallest absolute Gasteiger partial charge is 0.256 e. The molecular formula is C17H19N3O. The second kappa shape index (κ2) is 6.70. The lowest BCUT2D eigenvalue weighted by molar-refractivity contribution is -0.119. The third-order valence-corrected chi connectivity index (χ3v) is 3.30. The van der Waals surface area contributed by atoms with E-state index >= 15 is 0 Å². The first-order valence-corrected chi connectivity index (χ1v) is 6.80. The van der Waals surface area contributed by atoms with Crippen LogP contribution in [0.1, 0.15) is 22.6 Å². The number of guanidine groups is 1. The van der Waals surface area contributed by atoms with Gasteiger partial charge in [0.15, 0.2) is 5.96 Å². The van der Waals surface area contributed by atoms with E-state index in [0.29, 0.717) is 6.42 Å². The zero-order valence-electron chi connectivity index (χ0n) is 12.0. The van der Waals surface area contributed by atoms with E-state index in [-0.39, 0.29) is 17.8 Å². The van der Waals surface area contributed by atoms with Crippen LogP contribution in [0.3, 0.4) is 0 Å². The number of nitrogens with zero attached hydrogens (tertiary/aromatic N) is 1. The van der Waals surface area contributed by atoms with Crippen LogP contribution in [-0.4, -0.2) is 11.9 Å². The third-order valence-electron chi connectivity index (χ3n) is 3.30. The minimum absolute atomic E-state index is 0.204. The van der Waals surface area contributed by atoms with Crippen molar-refractivity contribution in [1.82, 2.24) is 0 Å². The summed E-state index contributed by atoms with van der Waals surface area (Å²) in [6, 6.07) is 17.7. The van der Waals surface area contributed by atoms with Gasteiger partial charge in [0.25, 0.3) is 5.91 Å². The molecule has 2 aromatic rings. The van der Waals surface area contributed by atoms with E-state index in [1.165, 1.54) is 0 Å². The number of benzene rings is 2. The summed E-state index contributed by atoms with van der Waals surface area (Å²) >= 11 is 0. The number of aliphatic imine (C=N–C) groups is 1. The molecular weight excluding hydrogens is 262 g/mol. The number of nitrogens with two attached hydrogens (primary N) is 2. The molecule has 4 N–H and O–H groups in total. The zero-order chi connectivity index (χ0) is 15.2. The van der Waals surface area contributed by atoms with Crippen LogP contribution >= 0.6 is 0 Å². The van der Waals surface area contributed by atoms with Crippen molar-refractivity contribution < 1.29 is 4.79 Å². The minimum Gasteiger partial charge on any atom is -0.370 e. The van der Waals surface area contributed by atoms with Crippen molar-refractivity contribution in [2.24, 2.45) is 16.5 Å². The van der Waals surface area contributed by atoms with E-state index in [9.17, 15) is 4.79 Å². The summed E-state index contributed by atoms with van der Waals surface area (Å²) in [5.74, 6) is -0.900. The van der Waals surface area contributed by atoms with E-state index in [2.05, 4.69) is 4.99 Å². The highest BCUT2D eigenvalue weighted by Crippen LogP contribution is 2.23. The van der Waals surface area contributed by atoms with Gasteiger partial charge in [0.1, 0.15) is 0 Å². The van der Waals surface area contributed by atoms with Crippen LogP contribution in [0.15, 0.2) is 59.6 Å². The molecule has 0 fully saturated rings. The lowest BCUT2D eigenvalue weighted by Crippen LogP contribution is -2.26. The quantitative estimate of drug-likeness (QED) is 0.665. The molecule has 1 amide bonds. The van der Waals surface area contributed by atoms with Gasteiger partial charge in [-0.3, -0.25) is 4.79 Å². The minimum atomic E-state index is -0.380. The van der Waals surface area contributed by atoms with Gasteiger partial charge < -0.3 is 11.5 Å². The summed E-state index contributed by atoms with van der Waals surface area (Å²) in [5.41, 5.74) is 13.8. The molecule has 0 spiro atoms. The molecule has 0 aliphatic heterocycles. The van der Waals surface area contributed by atoms with Gasteiger partial charge in [-0.2, -0.15) is 4.99 Å². The highest BCUT2D eigenvalue weighted by atomic mass is 16.1. The summed E-state index contributed by atoms with van der Waals surface area (Å²) < 4.78 is 0. The molecule has 4 heteroatoms. The molecule has 0 bridgehead atoms. The second-order valence-electron chi connectivity index (χ2n) is 5.03. The summed E-state index contributed by atoms with van der Waals surface area (Å²) in [6.07, 6.45) is 0.569. The van der Waals surface area contributed by atoms with E-state index < -0.39 is 0 Å². The molecule has 0 saturated heterocycles. The molecule has 108 valence electrons. The van der Waals surface area contributed by atoms with Gasteiger partial charge in [-0.25, -0.2) is 0 Å². The monoisotopic (exact) mass is 281 g/mol. The maximum Gasteiger partial charge on any atom is 0.256 e. The standard InChI is InChI=1S/C17H19N3O/c1-12-7-9-14(10-8-12)15(16(21)20-17(18)19)11-13-5-3-2-4-6-13/h2-10,15H,11H2,1H3,(H4,18,19,20,21)/t15-/m1/s1. The van der Waals surface area contributed by atoms with Crippen LogP contribution in [0.5, 0.6) is 0 Å². The molecule has 2 aromatic carbocycles. The van der Waals surface area contributed by atoms with Gasteiger partial charge in [-0.1, -0.05) is 60.2 Å². The number of rotatable bonds is 4. The first kappa shape index (κ1) is 14.8. The van der Waals surface area contributed by atoms with Gasteiger partial charge in [0, 0.05) is 0 Å². The van der Waals surface area contributed by atoms with Crippen LogP contribution in [0, 0.1) is 6.92 Å². The van der Waals surface area contributed by atoms with Gasteiger partial charge in [0.2, 0.25) is 0 Å². The van der Waals surface area contributed by atoms with Crippen LogP contribution in [0.4, 0.5) is 0 Å². The van der Waals surface area contributed by atoms with Crippen molar-refractivity contribution in [2.45, 2.75) is 19.3 Å². The topological polar surface area (TPSA) is 81.5 Å². The normalized spacial score (nSPS) is 11.7. The lowest BCUT2D eigenvalue weighted by atomic mass is 9.91. The van der Waals surface area contributed by atoms with Gasteiger partial charge in [-0.15, -0.1) is 0 Å². The fraction of sp³-hybridized carbons (Fsp3) is 0.176. The average Bonchev–Trinajstić information content (AvgIpc) is 2.46. The summed E-state index contributed by atoms with van der Waals surface area (Å²) in [7, 11) is 0. The van der Waals surface area contributed by atoms with Crippen molar-refractivity contribution in [2.75, 3.05) is 0 Å². The van der Waals surface area contributed by atoms with Crippen LogP contribution in [-0.2, 0) is 11.2 Å². The average molecular weight is 281 g/mol. The second-order valence-corrected chi connectivity index (χ2v) is 5.03. The maximum absolute atomic E-state index is 12.3. The van der Waals surface area contributed by atoms with Crippen molar-refractivity contribution in [3.05, 3.63) is 71.3 Å². The lowest BCUT2D eigenvalue weighted by Gasteiger charge is -2.14. The molecule has 0 aliphatic carbocycles. The van der Waals surface area contributed by atoms with Crippen molar-refractivity contribution in [1.29, 1.82) is 0 Å². The Bertz CT molecular complexity index is 629. The van der Waals surface area contributed by atoms with E-state index in [1.807, 2.05) is 61.5 Å². The number of carbonyl (C=O) groups is 1. The van der Waals surface area contributed by atoms with Crippen molar-refractivity contribution in [3.8, 4) is 0 Å². The highest BCUT2D eigenvalue weighted by molar-refractivity contribution is 5.95. The van der Waals surface area contributed by atoms with E-state index in [0.717, 1.165) is 16.7 Å². The highest BCUT2D eigenvalue weighted by Gasteiger charge is 2.21. The van der Waals surface area contributed by atoms with Crippen LogP contribution in [0.2, 0.25) is 0 Å². The first-order chi connectivity index (χ1) is 10.1. The molecule has 1 atom stereocenters. The molecule has 21 heavy (non-hydrogen) atoms. The predicted molar refractivity (Wildman–Crippen MR) is 84.9 cm³/mol. The van der Waals surface area contributed by atoms with Crippen molar-refractivity contribution >= 4 is 11.9 Å². The molecule has 0 aromatic heterocycles. The number of aryl methyl sites for hydroxylation is 1. The number of amides is 1. The third kappa shape index (κ3) is 4.18. The molecule has 0 unspecified atom stereocenters. The molecule has 0 heterocycles.